The Hall–Kier alpha value is -2.04. The molecule has 1 saturated carbocycles. The highest BCUT2D eigenvalue weighted by atomic mass is 16.2. The summed E-state index contributed by atoms with van der Waals surface area (Å²) in [6.45, 7) is 3.11. The van der Waals surface area contributed by atoms with Gasteiger partial charge in [-0.3, -0.25) is 9.59 Å². The fraction of sp³-hybridized carbons (Fsp3) is 0.500. The van der Waals surface area contributed by atoms with Crippen molar-refractivity contribution >= 4 is 17.5 Å². The highest BCUT2D eigenvalue weighted by Gasteiger charge is 2.22. The molecule has 5 nitrogen and oxygen atoms in total. The van der Waals surface area contributed by atoms with Crippen LogP contribution in [0.4, 0.5) is 5.69 Å². The van der Waals surface area contributed by atoms with Crippen LogP contribution >= 0.6 is 0 Å². The van der Waals surface area contributed by atoms with Crippen LogP contribution in [0.3, 0.4) is 0 Å². The molecule has 114 valence electrons. The molecule has 0 unspecified atom stereocenters. The maximum absolute atomic E-state index is 12.1. The Bertz CT molecular complexity index is 512. The molecule has 0 heterocycles. The van der Waals surface area contributed by atoms with Crippen LogP contribution in [0.2, 0.25) is 0 Å². The van der Waals surface area contributed by atoms with Gasteiger partial charge in [0.1, 0.15) is 0 Å². The van der Waals surface area contributed by atoms with Gasteiger partial charge in [-0.05, 0) is 37.3 Å². The van der Waals surface area contributed by atoms with Gasteiger partial charge in [0.05, 0.1) is 13.1 Å². The van der Waals surface area contributed by atoms with Crippen LogP contribution < -0.4 is 15.5 Å². The number of likely N-dealkylation sites (N-methyl/N-ethyl adjacent to an activating group) is 1. The summed E-state index contributed by atoms with van der Waals surface area (Å²) in [4.78, 5) is 25.6. The Kier molecular flexibility index (Phi) is 5.20. The highest BCUT2D eigenvalue weighted by Crippen LogP contribution is 2.27. The van der Waals surface area contributed by atoms with Crippen LogP contribution in [0.5, 0.6) is 0 Å². The Morgan fingerprint density at radius 1 is 1.19 bits per heavy atom. The lowest BCUT2D eigenvalue weighted by Crippen LogP contribution is -2.43. The first kappa shape index (κ1) is 15.4. The molecule has 2 amide bonds. The third-order valence-corrected chi connectivity index (χ3v) is 3.69. The lowest BCUT2D eigenvalue weighted by atomic mass is 10.2. The van der Waals surface area contributed by atoms with Crippen LogP contribution in [0.25, 0.3) is 0 Å². The average Bonchev–Trinajstić information content (AvgIpc) is 3.29. The Morgan fingerprint density at radius 3 is 2.48 bits per heavy atom. The molecular weight excluding hydrogens is 266 g/mol. The zero-order valence-corrected chi connectivity index (χ0v) is 12.7. The molecule has 0 radical (unpaired) electrons. The Morgan fingerprint density at radius 2 is 1.86 bits per heavy atom. The quantitative estimate of drug-likeness (QED) is 0.789. The topological polar surface area (TPSA) is 61.4 Å². The van der Waals surface area contributed by atoms with Crippen molar-refractivity contribution in [1.82, 2.24) is 10.6 Å². The van der Waals surface area contributed by atoms with E-state index in [1.165, 1.54) is 12.8 Å². The van der Waals surface area contributed by atoms with Crippen molar-refractivity contribution < 1.29 is 9.59 Å². The van der Waals surface area contributed by atoms with Crippen molar-refractivity contribution in [3.63, 3.8) is 0 Å². The van der Waals surface area contributed by atoms with Crippen LogP contribution in [-0.4, -0.2) is 38.5 Å². The number of benzene rings is 1. The van der Waals surface area contributed by atoms with E-state index in [0.29, 0.717) is 5.92 Å². The zero-order chi connectivity index (χ0) is 15.2. The molecule has 0 bridgehead atoms. The largest absolute Gasteiger partial charge is 0.358 e. The van der Waals surface area contributed by atoms with E-state index in [4.69, 9.17) is 0 Å². The van der Waals surface area contributed by atoms with Gasteiger partial charge in [0.15, 0.2) is 0 Å². The molecule has 0 aromatic heterocycles. The number of aryl methyl sites for hydroxylation is 1. The van der Waals surface area contributed by atoms with Crippen molar-refractivity contribution in [2.24, 2.45) is 5.92 Å². The standard InChI is InChI=1S/C16H23N3O2/c1-12-5-3-4-6-14(12)19(10-15(20)17-2)11-16(21)18-9-13-7-8-13/h3-6,13H,7-11H2,1-2H3,(H,17,20)(H,18,21). The number of carbonyl (C=O) groups is 2. The SMILES string of the molecule is CNC(=O)CN(CC(=O)NCC1CC1)c1ccccc1C. The van der Waals surface area contributed by atoms with Gasteiger partial charge in [0.25, 0.3) is 0 Å². The zero-order valence-electron chi connectivity index (χ0n) is 12.7. The van der Waals surface area contributed by atoms with E-state index in [0.717, 1.165) is 17.8 Å². The minimum Gasteiger partial charge on any atom is -0.358 e. The predicted octanol–water partition coefficient (Wildman–Crippen LogP) is 1.07. The van der Waals surface area contributed by atoms with Crippen molar-refractivity contribution in [2.75, 3.05) is 31.6 Å². The second-order valence-electron chi connectivity index (χ2n) is 5.56. The summed E-state index contributed by atoms with van der Waals surface area (Å²) < 4.78 is 0. The molecule has 2 rings (SSSR count). The average molecular weight is 289 g/mol. The lowest BCUT2D eigenvalue weighted by Gasteiger charge is -2.25. The first-order chi connectivity index (χ1) is 10.1. The van der Waals surface area contributed by atoms with Crippen molar-refractivity contribution in [2.45, 2.75) is 19.8 Å². The van der Waals surface area contributed by atoms with Crippen molar-refractivity contribution in [3.8, 4) is 0 Å². The Balaban J connectivity index is 2.02. The van der Waals surface area contributed by atoms with E-state index < -0.39 is 0 Å². The maximum Gasteiger partial charge on any atom is 0.239 e. The third-order valence-electron chi connectivity index (χ3n) is 3.69. The first-order valence-electron chi connectivity index (χ1n) is 7.38. The maximum atomic E-state index is 12.1. The molecule has 0 saturated heterocycles. The number of nitrogens with one attached hydrogen (secondary N) is 2. The fourth-order valence-corrected chi connectivity index (χ4v) is 2.21. The van der Waals surface area contributed by atoms with Gasteiger partial charge in [-0.2, -0.15) is 0 Å². The van der Waals surface area contributed by atoms with Crippen LogP contribution in [0, 0.1) is 12.8 Å². The van der Waals surface area contributed by atoms with Gasteiger partial charge in [-0.1, -0.05) is 18.2 Å². The smallest absolute Gasteiger partial charge is 0.239 e. The van der Waals surface area contributed by atoms with Crippen LogP contribution in [0.1, 0.15) is 18.4 Å². The van der Waals surface area contributed by atoms with E-state index >= 15 is 0 Å². The van der Waals surface area contributed by atoms with Gasteiger partial charge >= 0.3 is 0 Å². The molecular formula is C16H23N3O2. The molecule has 1 aromatic carbocycles. The number of rotatable bonds is 7. The second-order valence-corrected chi connectivity index (χ2v) is 5.56. The molecule has 0 aliphatic heterocycles. The Labute approximate surface area is 125 Å². The fourth-order valence-electron chi connectivity index (χ4n) is 2.21. The summed E-state index contributed by atoms with van der Waals surface area (Å²) in [6.07, 6.45) is 2.42. The predicted molar refractivity (Wildman–Crippen MR) is 83.2 cm³/mol. The van der Waals surface area contributed by atoms with Crippen LogP contribution in [0.15, 0.2) is 24.3 Å². The van der Waals surface area contributed by atoms with E-state index in [-0.39, 0.29) is 24.9 Å². The van der Waals surface area contributed by atoms with Crippen LogP contribution in [-0.2, 0) is 9.59 Å². The summed E-state index contributed by atoms with van der Waals surface area (Å²) in [5, 5.41) is 5.55. The summed E-state index contributed by atoms with van der Waals surface area (Å²) in [7, 11) is 1.60. The molecule has 21 heavy (non-hydrogen) atoms. The molecule has 1 fully saturated rings. The van der Waals surface area contributed by atoms with E-state index in [1.54, 1.807) is 7.05 Å². The first-order valence-corrected chi connectivity index (χ1v) is 7.38. The monoisotopic (exact) mass is 289 g/mol. The third kappa shape index (κ3) is 4.77. The molecule has 5 heteroatoms. The summed E-state index contributed by atoms with van der Waals surface area (Å²) in [6, 6.07) is 7.78. The molecule has 0 spiro atoms. The van der Waals surface area contributed by atoms with Crippen molar-refractivity contribution in [1.29, 1.82) is 0 Å². The summed E-state index contributed by atoms with van der Waals surface area (Å²) >= 11 is 0. The minimum absolute atomic E-state index is 0.0333. The molecule has 1 aliphatic rings. The number of para-hydroxylation sites is 1. The van der Waals surface area contributed by atoms with Gasteiger partial charge in [0.2, 0.25) is 11.8 Å². The normalized spacial score (nSPS) is 13.6. The number of hydrogen-bond donors (Lipinski definition) is 2. The minimum atomic E-state index is -0.103. The number of anilines is 1. The van der Waals surface area contributed by atoms with Crippen molar-refractivity contribution in [3.05, 3.63) is 29.8 Å². The van der Waals surface area contributed by atoms with E-state index in [1.807, 2.05) is 36.1 Å². The molecule has 2 N–H and O–H groups in total. The van der Waals surface area contributed by atoms with Gasteiger partial charge < -0.3 is 15.5 Å². The summed E-state index contributed by atoms with van der Waals surface area (Å²) in [5.41, 5.74) is 1.97. The van der Waals surface area contributed by atoms with E-state index in [2.05, 4.69) is 10.6 Å². The number of amides is 2. The number of nitrogens with zero attached hydrogens (tertiary/aromatic N) is 1. The van der Waals surface area contributed by atoms with E-state index in [9.17, 15) is 9.59 Å². The van der Waals surface area contributed by atoms with Gasteiger partial charge in [-0.15, -0.1) is 0 Å². The van der Waals surface area contributed by atoms with Gasteiger partial charge in [0, 0.05) is 19.3 Å². The number of hydrogen-bond acceptors (Lipinski definition) is 3. The molecule has 1 aliphatic carbocycles. The van der Waals surface area contributed by atoms with Gasteiger partial charge in [-0.25, -0.2) is 0 Å². The highest BCUT2D eigenvalue weighted by molar-refractivity contribution is 5.86. The number of carbonyl (C=O) groups excluding carboxylic acids is 2. The lowest BCUT2D eigenvalue weighted by molar-refractivity contribution is -0.120. The second kappa shape index (κ2) is 7.11. The summed E-state index contributed by atoms with van der Waals surface area (Å²) in [5.74, 6) is 0.516. The molecule has 0 atom stereocenters. The molecule has 1 aromatic rings.